The van der Waals surface area contributed by atoms with Crippen LogP contribution in [0.4, 0.5) is 0 Å². The minimum atomic E-state index is -0.147. The molecular formula is C21H26N2O3S. The Labute approximate surface area is 164 Å². The zero-order chi connectivity index (χ0) is 19.2. The van der Waals surface area contributed by atoms with Crippen molar-refractivity contribution in [2.45, 2.75) is 39.3 Å². The predicted octanol–water partition coefficient (Wildman–Crippen LogP) is 3.70. The zero-order valence-electron chi connectivity index (χ0n) is 15.8. The van der Waals surface area contributed by atoms with E-state index >= 15 is 0 Å². The molecule has 2 amide bonds. The van der Waals surface area contributed by atoms with Crippen LogP contribution in [0.3, 0.4) is 0 Å². The lowest BCUT2D eigenvalue weighted by Crippen LogP contribution is -2.45. The first kappa shape index (κ1) is 19.4. The lowest BCUT2D eigenvalue weighted by atomic mass is 9.97. The number of nitrogens with zero attached hydrogens (tertiary/aromatic N) is 1. The number of thiophene rings is 1. The van der Waals surface area contributed by atoms with Crippen molar-refractivity contribution < 1.29 is 14.3 Å². The normalized spacial score (nSPS) is 17.0. The second-order valence-corrected chi connectivity index (χ2v) is 8.04. The van der Waals surface area contributed by atoms with Gasteiger partial charge in [-0.2, -0.15) is 0 Å². The van der Waals surface area contributed by atoms with Gasteiger partial charge in [-0.1, -0.05) is 18.2 Å². The van der Waals surface area contributed by atoms with Gasteiger partial charge >= 0.3 is 0 Å². The van der Waals surface area contributed by atoms with Gasteiger partial charge in [-0.25, -0.2) is 0 Å². The van der Waals surface area contributed by atoms with E-state index in [1.165, 1.54) is 11.3 Å². The van der Waals surface area contributed by atoms with E-state index in [0.717, 1.165) is 35.6 Å². The molecule has 1 fully saturated rings. The van der Waals surface area contributed by atoms with Crippen molar-refractivity contribution in [1.82, 2.24) is 10.2 Å². The Morgan fingerprint density at radius 3 is 2.70 bits per heavy atom. The van der Waals surface area contributed by atoms with E-state index in [0.29, 0.717) is 13.1 Å². The fraction of sp³-hybridized carbons (Fsp3) is 0.429. The van der Waals surface area contributed by atoms with E-state index in [-0.39, 0.29) is 23.8 Å². The molecule has 27 heavy (non-hydrogen) atoms. The molecule has 1 N–H and O–H groups in total. The molecule has 1 aliphatic heterocycles. The Bertz CT molecular complexity index is 756. The number of hydrogen-bond acceptors (Lipinski definition) is 4. The summed E-state index contributed by atoms with van der Waals surface area (Å²) in [6, 6.07) is 11.5. The maximum Gasteiger partial charge on any atom is 0.263 e. The van der Waals surface area contributed by atoms with Crippen LogP contribution in [-0.4, -0.2) is 35.9 Å². The highest BCUT2D eigenvalue weighted by Gasteiger charge is 2.29. The molecule has 3 rings (SSSR count). The van der Waals surface area contributed by atoms with Crippen LogP contribution in [-0.2, 0) is 11.3 Å². The molecule has 1 aromatic heterocycles. The van der Waals surface area contributed by atoms with E-state index in [1.54, 1.807) is 4.90 Å². The summed E-state index contributed by atoms with van der Waals surface area (Å²) in [6.45, 7) is 5.67. The number of amides is 2. The van der Waals surface area contributed by atoms with Crippen molar-refractivity contribution in [2.24, 2.45) is 5.92 Å². The molecule has 0 radical (unpaired) electrons. The third-order valence-corrected chi connectivity index (χ3v) is 5.43. The number of ether oxygens (including phenoxy) is 1. The summed E-state index contributed by atoms with van der Waals surface area (Å²) in [6.07, 6.45) is 1.82. The lowest BCUT2D eigenvalue weighted by molar-refractivity contribution is -0.126. The van der Waals surface area contributed by atoms with Crippen molar-refractivity contribution >= 4 is 23.2 Å². The molecule has 1 saturated heterocycles. The highest BCUT2D eigenvalue weighted by Crippen LogP contribution is 2.21. The summed E-state index contributed by atoms with van der Waals surface area (Å²) in [4.78, 5) is 27.6. The van der Waals surface area contributed by atoms with Crippen molar-refractivity contribution in [1.29, 1.82) is 0 Å². The second kappa shape index (κ2) is 9.04. The number of benzene rings is 1. The van der Waals surface area contributed by atoms with Crippen molar-refractivity contribution in [3.8, 4) is 5.75 Å². The monoisotopic (exact) mass is 386 g/mol. The SMILES string of the molecule is CC(C)Oc1ccc(CNC(=O)C2CCCN(C(=O)c3cccs3)C2)cc1. The number of hydrogen-bond donors (Lipinski definition) is 1. The molecule has 1 unspecified atom stereocenters. The molecule has 5 nitrogen and oxygen atoms in total. The Balaban J connectivity index is 1.51. The van der Waals surface area contributed by atoms with Crippen LogP contribution in [0.15, 0.2) is 41.8 Å². The van der Waals surface area contributed by atoms with Crippen molar-refractivity contribution in [2.75, 3.05) is 13.1 Å². The van der Waals surface area contributed by atoms with Crippen LogP contribution in [0.25, 0.3) is 0 Å². The minimum absolute atomic E-state index is 0.0150. The smallest absolute Gasteiger partial charge is 0.263 e. The molecule has 144 valence electrons. The van der Waals surface area contributed by atoms with E-state index in [1.807, 2.05) is 55.6 Å². The van der Waals surface area contributed by atoms with E-state index in [4.69, 9.17) is 4.74 Å². The van der Waals surface area contributed by atoms with E-state index in [9.17, 15) is 9.59 Å². The quantitative estimate of drug-likeness (QED) is 0.823. The molecule has 6 heteroatoms. The highest BCUT2D eigenvalue weighted by atomic mass is 32.1. The van der Waals surface area contributed by atoms with Crippen molar-refractivity contribution in [3.05, 3.63) is 52.2 Å². The molecule has 2 heterocycles. The van der Waals surface area contributed by atoms with E-state index in [2.05, 4.69) is 5.32 Å². The number of carbonyl (C=O) groups is 2. The minimum Gasteiger partial charge on any atom is -0.491 e. The van der Waals surface area contributed by atoms with E-state index < -0.39 is 0 Å². The molecule has 0 bridgehead atoms. The van der Waals surface area contributed by atoms with Crippen LogP contribution in [0.2, 0.25) is 0 Å². The summed E-state index contributed by atoms with van der Waals surface area (Å²) in [5.74, 6) is 0.728. The Kier molecular flexibility index (Phi) is 6.50. The molecule has 0 aliphatic carbocycles. The van der Waals surface area contributed by atoms with Gasteiger partial charge in [-0.05, 0) is 55.8 Å². The summed E-state index contributed by atoms with van der Waals surface area (Å²) >= 11 is 1.44. The summed E-state index contributed by atoms with van der Waals surface area (Å²) in [5, 5.41) is 4.91. The van der Waals surface area contributed by atoms with Gasteiger partial charge in [-0.15, -0.1) is 11.3 Å². The van der Waals surface area contributed by atoms with Crippen LogP contribution in [0.5, 0.6) is 5.75 Å². The maximum atomic E-state index is 12.6. The third kappa shape index (κ3) is 5.32. The molecular weight excluding hydrogens is 360 g/mol. The van der Waals surface area contributed by atoms with Gasteiger partial charge in [0.15, 0.2) is 0 Å². The standard InChI is InChI=1S/C21H26N2O3S/c1-15(2)26-18-9-7-16(8-10-18)13-22-20(24)17-5-3-11-23(14-17)21(25)19-6-4-12-27-19/h4,6-10,12,15,17H,3,5,11,13-14H2,1-2H3,(H,22,24). The van der Waals surface area contributed by atoms with Gasteiger partial charge in [-0.3, -0.25) is 9.59 Å². The average molecular weight is 387 g/mol. The van der Waals surface area contributed by atoms with Gasteiger partial charge in [0.1, 0.15) is 5.75 Å². The number of nitrogens with one attached hydrogen (secondary N) is 1. The van der Waals surface area contributed by atoms with Gasteiger partial charge < -0.3 is 15.0 Å². The number of likely N-dealkylation sites (tertiary alicyclic amines) is 1. The van der Waals surface area contributed by atoms with Crippen molar-refractivity contribution in [3.63, 3.8) is 0 Å². The first-order chi connectivity index (χ1) is 13.0. The Hall–Kier alpha value is -2.34. The molecule has 2 aromatic rings. The zero-order valence-corrected chi connectivity index (χ0v) is 16.6. The number of piperidine rings is 1. The topological polar surface area (TPSA) is 58.6 Å². The number of rotatable bonds is 6. The average Bonchev–Trinajstić information content (AvgIpc) is 3.21. The van der Waals surface area contributed by atoms with Gasteiger partial charge in [0.2, 0.25) is 5.91 Å². The fourth-order valence-electron chi connectivity index (χ4n) is 3.22. The Morgan fingerprint density at radius 2 is 2.04 bits per heavy atom. The van der Waals surface area contributed by atoms with Crippen LogP contribution in [0.1, 0.15) is 41.9 Å². The van der Waals surface area contributed by atoms with Crippen LogP contribution in [0, 0.1) is 5.92 Å². The maximum absolute atomic E-state index is 12.6. The first-order valence-electron chi connectivity index (χ1n) is 9.39. The molecule has 0 spiro atoms. The fourth-order valence-corrected chi connectivity index (χ4v) is 3.91. The first-order valence-corrected chi connectivity index (χ1v) is 10.3. The molecule has 0 saturated carbocycles. The van der Waals surface area contributed by atoms with Crippen LogP contribution >= 0.6 is 11.3 Å². The summed E-state index contributed by atoms with van der Waals surface area (Å²) in [5.41, 5.74) is 1.03. The highest BCUT2D eigenvalue weighted by molar-refractivity contribution is 7.12. The Morgan fingerprint density at radius 1 is 1.26 bits per heavy atom. The van der Waals surface area contributed by atoms with Gasteiger partial charge in [0.25, 0.3) is 5.91 Å². The van der Waals surface area contributed by atoms with Gasteiger partial charge in [0, 0.05) is 19.6 Å². The van der Waals surface area contributed by atoms with Gasteiger partial charge in [0.05, 0.1) is 16.9 Å². The van der Waals surface area contributed by atoms with Crippen LogP contribution < -0.4 is 10.1 Å². The lowest BCUT2D eigenvalue weighted by Gasteiger charge is -2.31. The second-order valence-electron chi connectivity index (χ2n) is 7.10. The predicted molar refractivity (Wildman–Crippen MR) is 107 cm³/mol. The molecule has 1 aromatic carbocycles. The summed E-state index contributed by atoms with van der Waals surface area (Å²) < 4.78 is 5.63. The number of carbonyl (C=O) groups excluding carboxylic acids is 2. The largest absolute Gasteiger partial charge is 0.491 e. The molecule has 1 aliphatic rings. The molecule has 1 atom stereocenters. The summed E-state index contributed by atoms with van der Waals surface area (Å²) in [7, 11) is 0. The third-order valence-electron chi connectivity index (χ3n) is 4.57.